The Morgan fingerprint density at radius 2 is 1.79 bits per heavy atom. The van der Waals surface area contributed by atoms with Gasteiger partial charge >= 0.3 is 6.03 Å². The molecule has 3 atom stereocenters. The van der Waals surface area contributed by atoms with E-state index < -0.39 is 10.0 Å². The Hall–Kier alpha value is -2.71. The number of rotatable bonds is 5. The van der Waals surface area contributed by atoms with Gasteiger partial charge in [0.25, 0.3) is 0 Å². The van der Waals surface area contributed by atoms with Crippen LogP contribution in [0.15, 0.2) is 59.5 Å². The molecule has 2 aromatic carbocycles. The molecule has 2 bridgehead atoms. The normalized spacial score (nSPS) is 23.2. The number of likely N-dealkylation sites (tertiary alicyclic amines) is 1. The Labute approximate surface area is 170 Å². The Bertz CT molecular complexity index is 1040. The number of nitrogens with one attached hydrogen (secondary N) is 2. The maximum Gasteiger partial charge on any atom is 0.322 e. The van der Waals surface area contributed by atoms with Crippen molar-refractivity contribution in [3.8, 4) is 0 Å². The van der Waals surface area contributed by atoms with Gasteiger partial charge in [0, 0.05) is 29.9 Å². The number of hydrogen-bond donors (Lipinski definition) is 2. The Balaban J connectivity index is 1.38. The number of fused-ring (bicyclic) bond motifs is 2. The lowest BCUT2D eigenvalue weighted by molar-refractivity contribution is 0.101. The fourth-order valence-corrected chi connectivity index (χ4v) is 5.56. The summed E-state index contributed by atoms with van der Waals surface area (Å²) in [5, 5.41) is 2.85. The van der Waals surface area contributed by atoms with Gasteiger partial charge < -0.3 is 10.2 Å². The summed E-state index contributed by atoms with van der Waals surface area (Å²) in [5.74, 6) is 0.0302. The number of piperidine rings is 1. The molecule has 1 aliphatic heterocycles. The third-order valence-electron chi connectivity index (χ3n) is 5.68. The van der Waals surface area contributed by atoms with E-state index in [1.165, 1.54) is 6.92 Å². The monoisotopic (exact) mass is 413 g/mol. The Morgan fingerprint density at radius 1 is 1.03 bits per heavy atom. The number of nitrogens with zero attached hydrogens (tertiary/aromatic N) is 1. The SMILES string of the molecule is CC(=O)c1cccc(NC(=O)N2C[C@@H]3C[C@H]2C[C@@H]3NS(=O)(=O)c2ccccc2)c1. The fraction of sp³-hybridized carbons (Fsp3) is 0.333. The van der Waals surface area contributed by atoms with Crippen molar-refractivity contribution in [3.63, 3.8) is 0 Å². The van der Waals surface area contributed by atoms with Gasteiger partial charge in [-0.1, -0.05) is 30.3 Å². The zero-order chi connectivity index (χ0) is 20.6. The number of Topliss-reactive ketones (excluding diaryl/α,β-unsaturated/α-hetero) is 1. The van der Waals surface area contributed by atoms with Crippen LogP contribution in [0.25, 0.3) is 0 Å². The molecule has 0 radical (unpaired) electrons. The van der Waals surface area contributed by atoms with E-state index in [1.807, 2.05) is 0 Å². The molecule has 7 nitrogen and oxygen atoms in total. The van der Waals surface area contributed by atoms with Gasteiger partial charge in [-0.3, -0.25) is 4.79 Å². The molecular weight excluding hydrogens is 390 g/mol. The highest BCUT2D eigenvalue weighted by molar-refractivity contribution is 7.89. The number of sulfonamides is 1. The predicted octanol–water partition coefficient (Wildman–Crippen LogP) is 2.86. The highest BCUT2D eigenvalue weighted by Crippen LogP contribution is 2.38. The number of ketones is 1. The van der Waals surface area contributed by atoms with Gasteiger partial charge in [-0.15, -0.1) is 0 Å². The molecule has 29 heavy (non-hydrogen) atoms. The number of amides is 2. The summed E-state index contributed by atoms with van der Waals surface area (Å²) >= 11 is 0. The van der Waals surface area contributed by atoms with Gasteiger partial charge in [-0.25, -0.2) is 17.9 Å². The van der Waals surface area contributed by atoms with E-state index >= 15 is 0 Å². The molecule has 2 aliphatic rings. The van der Waals surface area contributed by atoms with E-state index in [-0.39, 0.29) is 34.7 Å². The van der Waals surface area contributed by atoms with Crippen molar-refractivity contribution in [2.45, 2.75) is 36.7 Å². The van der Waals surface area contributed by atoms with Crippen LogP contribution in [0.5, 0.6) is 0 Å². The van der Waals surface area contributed by atoms with Crippen molar-refractivity contribution in [2.75, 3.05) is 11.9 Å². The van der Waals surface area contributed by atoms with E-state index in [0.29, 0.717) is 24.2 Å². The quantitative estimate of drug-likeness (QED) is 0.737. The first-order valence-corrected chi connectivity index (χ1v) is 11.1. The molecule has 1 saturated heterocycles. The molecule has 152 valence electrons. The summed E-state index contributed by atoms with van der Waals surface area (Å²) in [6.45, 7) is 1.99. The Morgan fingerprint density at radius 3 is 2.45 bits per heavy atom. The second-order valence-corrected chi connectivity index (χ2v) is 9.36. The largest absolute Gasteiger partial charge is 0.322 e. The minimum absolute atomic E-state index is 0.000497. The van der Waals surface area contributed by atoms with Gasteiger partial charge in [0.1, 0.15) is 0 Å². The summed E-state index contributed by atoms with van der Waals surface area (Å²) < 4.78 is 28.0. The topological polar surface area (TPSA) is 95.6 Å². The van der Waals surface area contributed by atoms with Gasteiger partial charge in [-0.2, -0.15) is 0 Å². The van der Waals surface area contributed by atoms with Crippen LogP contribution in [0.4, 0.5) is 10.5 Å². The highest BCUT2D eigenvalue weighted by atomic mass is 32.2. The molecule has 2 N–H and O–H groups in total. The molecule has 0 spiro atoms. The van der Waals surface area contributed by atoms with Crippen molar-refractivity contribution in [1.82, 2.24) is 9.62 Å². The van der Waals surface area contributed by atoms with Crippen LogP contribution in [0.1, 0.15) is 30.1 Å². The summed E-state index contributed by atoms with van der Waals surface area (Å²) in [4.78, 5) is 26.2. The molecule has 0 aromatic heterocycles. The van der Waals surface area contributed by atoms with E-state index in [0.717, 1.165) is 6.42 Å². The molecular formula is C21H23N3O4S. The zero-order valence-electron chi connectivity index (χ0n) is 16.0. The van der Waals surface area contributed by atoms with Gasteiger partial charge in [0.05, 0.1) is 4.90 Å². The van der Waals surface area contributed by atoms with Gasteiger partial charge in [-0.05, 0) is 49.9 Å². The van der Waals surface area contributed by atoms with Crippen LogP contribution in [0, 0.1) is 5.92 Å². The number of carbonyl (C=O) groups excluding carboxylic acids is 2. The minimum Gasteiger partial charge on any atom is -0.321 e. The average Bonchev–Trinajstić information content (AvgIpc) is 3.29. The minimum atomic E-state index is -3.57. The van der Waals surface area contributed by atoms with Crippen LogP contribution in [-0.2, 0) is 10.0 Å². The highest BCUT2D eigenvalue weighted by Gasteiger charge is 2.47. The third kappa shape index (κ3) is 4.04. The zero-order valence-corrected chi connectivity index (χ0v) is 16.9. The van der Waals surface area contributed by atoms with Crippen molar-refractivity contribution < 1.29 is 18.0 Å². The van der Waals surface area contributed by atoms with Gasteiger partial charge in [0.15, 0.2) is 5.78 Å². The molecule has 8 heteroatoms. The van der Waals surface area contributed by atoms with Crippen LogP contribution in [0.2, 0.25) is 0 Å². The number of hydrogen-bond acceptors (Lipinski definition) is 4. The summed E-state index contributed by atoms with van der Waals surface area (Å²) in [7, 11) is -3.57. The first-order valence-electron chi connectivity index (χ1n) is 9.59. The molecule has 2 fully saturated rings. The van der Waals surface area contributed by atoms with Crippen LogP contribution in [-0.4, -0.2) is 43.8 Å². The van der Waals surface area contributed by atoms with E-state index in [9.17, 15) is 18.0 Å². The summed E-state index contributed by atoms with van der Waals surface area (Å²) in [5.41, 5.74) is 1.12. The van der Waals surface area contributed by atoms with Crippen LogP contribution < -0.4 is 10.0 Å². The fourth-order valence-electron chi connectivity index (χ4n) is 4.22. The van der Waals surface area contributed by atoms with Crippen LogP contribution >= 0.6 is 0 Å². The predicted molar refractivity (Wildman–Crippen MR) is 109 cm³/mol. The molecule has 1 saturated carbocycles. The maximum absolute atomic E-state index is 12.7. The standard InChI is InChI=1S/C21H23N3O4S/c1-14(25)15-6-5-7-17(10-15)22-21(26)24-13-16-11-18(24)12-20(16)23-29(27,28)19-8-3-2-4-9-19/h2-10,16,18,20,23H,11-13H2,1H3,(H,22,26)/t16-,18-,20-/m0/s1. The molecule has 4 rings (SSSR count). The molecule has 1 heterocycles. The summed E-state index contributed by atoms with van der Waals surface area (Å²) in [6.07, 6.45) is 1.38. The molecule has 2 aromatic rings. The van der Waals surface area contributed by atoms with E-state index in [2.05, 4.69) is 10.0 Å². The summed E-state index contributed by atoms with van der Waals surface area (Å²) in [6, 6.07) is 14.8. The molecule has 2 amide bonds. The first-order chi connectivity index (χ1) is 13.8. The Kier molecular flexibility index (Phi) is 5.14. The average molecular weight is 413 g/mol. The van der Waals surface area contributed by atoms with E-state index in [1.54, 1.807) is 59.5 Å². The number of urea groups is 1. The number of benzene rings is 2. The van der Waals surface area contributed by atoms with E-state index in [4.69, 9.17) is 0 Å². The third-order valence-corrected chi connectivity index (χ3v) is 7.19. The second kappa shape index (κ2) is 7.61. The van der Waals surface area contributed by atoms with Crippen LogP contribution in [0.3, 0.4) is 0 Å². The van der Waals surface area contributed by atoms with Crippen molar-refractivity contribution >= 4 is 27.5 Å². The second-order valence-electron chi connectivity index (χ2n) is 7.65. The number of anilines is 1. The van der Waals surface area contributed by atoms with Crippen molar-refractivity contribution in [1.29, 1.82) is 0 Å². The smallest absolute Gasteiger partial charge is 0.321 e. The van der Waals surface area contributed by atoms with Gasteiger partial charge in [0.2, 0.25) is 10.0 Å². The lowest BCUT2D eigenvalue weighted by atomic mass is 10.0. The molecule has 0 unspecified atom stereocenters. The maximum atomic E-state index is 12.7. The lowest BCUT2D eigenvalue weighted by Gasteiger charge is -2.31. The lowest BCUT2D eigenvalue weighted by Crippen LogP contribution is -2.48. The van der Waals surface area contributed by atoms with Crippen molar-refractivity contribution in [2.24, 2.45) is 5.92 Å². The first kappa shape index (κ1) is 19.6. The molecule has 1 aliphatic carbocycles. The number of carbonyl (C=O) groups is 2. The van der Waals surface area contributed by atoms with Crippen molar-refractivity contribution in [3.05, 3.63) is 60.2 Å².